The molecule has 0 aliphatic carbocycles. The molecule has 2 amide bonds. The minimum atomic E-state index is -0.926. The van der Waals surface area contributed by atoms with Crippen LogP contribution < -0.4 is 10.1 Å². The highest BCUT2D eigenvalue weighted by Gasteiger charge is 2.37. The van der Waals surface area contributed by atoms with E-state index in [2.05, 4.69) is 5.32 Å². The molecule has 2 atom stereocenters. The minimum Gasteiger partial charge on any atom is -0.497 e. The van der Waals surface area contributed by atoms with Crippen molar-refractivity contribution in [1.82, 2.24) is 10.2 Å². The molecule has 1 aromatic carbocycles. The number of piperazine rings is 1. The topological polar surface area (TPSA) is 78.9 Å². The summed E-state index contributed by atoms with van der Waals surface area (Å²) in [5, 5.41) is 12.2. The van der Waals surface area contributed by atoms with Gasteiger partial charge in [-0.1, -0.05) is 12.1 Å². The Labute approximate surface area is 117 Å². The van der Waals surface area contributed by atoms with Gasteiger partial charge in [-0.2, -0.15) is 0 Å². The van der Waals surface area contributed by atoms with E-state index in [1.807, 2.05) is 12.1 Å². The molecule has 1 aliphatic heterocycles. The van der Waals surface area contributed by atoms with Crippen LogP contribution in [-0.2, 0) is 16.1 Å². The zero-order chi connectivity index (χ0) is 14.7. The van der Waals surface area contributed by atoms with Crippen molar-refractivity contribution >= 4 is 11.8 Å². The number of carbonyl (C=O) groups is 2. The first-order chi connectivity index (χ1) is 9.52. The van der Waals surface area contributed by atoms with Crippen molar-refractivity contribution in [1.29, 1.82) is 0 Å². The van der Waals surface area contributed by atoms with Gasteiger partial charge in [0.2, 0.25) is 11.8 Å². The first-order valence-electron chi connectivity index (χ1n) is 6.41. The van der Waals surface area contributed by atoms with Crippen molar-refractivity contribution in [2.24, 2.45) is 0 Å². The predicted octanol–water partition coefficient (Wildman–Crippen LogP) is -0.0970. The number of benzene rings is 1. The molecule has 0 unspecified atom stereocenters. The van der Waals surface area contributed by atoms with Gasteiger partial charge in [-0.25, -0.2) is 0 Å². The van der Waals surface area contributed by atoms with Crippen LogP contribution in [0.15, 0.2) is 24.3 Å². The van der Waals surface area contributed by atoms with Gasteiger partial charge in [-0.05, 0) is 24.6 Å². The number of hydrogen-bond acceptors (Lipinski definition) is 4. The van der Waals surface area contributed by atoms with Gasteiger partial charge in [0.15, 0.2) is 0 Å². The van der Waals surface area contributed by atoms with E-state index in [0.717, 1.165) is 5.56 Å². The number of carbonyl (C=O) groups excluding carboxylic acids is 2. The van der Waals surface area contributed by atoms with Gasteiger partial charge in [0.05, 0.1) is 19.8 Å². The number of hydrogen-bond donors (Lipinski definition) is 2. The maximum atomic E-state index is 12.0. The lowest BCUT2D eigenvalue weighted by Gasteiger charge is -2.36. The SMILES string of the molecule is COc1cccc(CN2C(=O)CNC(=O)[C@@H]2[C@@H](C)O)c1. The number of nitrogens with zero attached hydrogens (tertiary/aromatic N) is 1. The van der Waals surface area contributed by atoms with Crippen molar-refractivity contribution in [3.63, 3.8) is 0 Å². The molecule has 0 radical (unpaired) electrons. The molecule has 2 N–H and O–H groups in total. The van der Waals surface area contributed by atoms with E-state index in [9.17, 15) is 14.7 Å². The molecule has 1 heterocycles. The van der Waals surface area contributed by atoms with Crippen molar-refractivity contribution in [2.45, 2.75) is 25.6 Å². The summed E-state index contributed by atoms with van der Waals surface area (Å²) in [5.41, 5.74) is 0.845. The van der Waals surface area contributed by atoms with Crippen LogP contribution in [0.4, 0.5) is 0 Å². The second kappa shape index (κ2) is 5.92. The van der Waals surface area contributed by atoms with Crippen molar-refractivity contribution in [2.75, 3.05) is 13.7 Å². The van der Waals surface area contributed by atoms with Gasteiger partial charge in [-0.15, -0.1) is 0 Å². The summed E-state index contributed by atoms with van der Waals surface area (Å²) in [4.78, 5) is 25.2. The van der Waals surface area contributed by atoms with E-state index in [-0.39, 0.29) is 24.9 Å². The van der Waals surface area contributed by atoms with E-state index >= 15 is 0 Å². The summed E-state index contributed by atoms with van der Waals surface area (Å²) in [6, 6.07) is 6.42. The number of rotatable bonds is 4. The monoisotopic (exact) mass is 278 g/mol. The Morgan fingerprint density at radius 1 is 1.50 bits per heavy atom. The van der Waals surface area contributed by atoms with Gasteiger partial charge in [-0.3, -0.25) is 9.59 Å². The molecule has 6 heteroatoms. The van der Waals surface area contributed by atoms with Crippen LogP contribution >= 0.6 is 0 Å². The summed E-state index contributed by atoms with van der Waals surface area (Å²) in [7, 11) is 1.57. The highest BCUT2D eigenvalue weighted by molar-refractivity contribution is 5.95. The Balaban J connectivity index is 2.23. The molecule has 2 rings (SSSR count). The fourth-order valence-electron chi connectivity index (χ4n) is 2.30. The van der Waals surface area contributed by atoms with E-state index in [1.54, 1.807) is 19.2 Å². The van der Waals surface area contributed by atoms with Gasteiger partial charge in [0.25, 0.3) is 0 Å². The van der Waals surface area contributed by atoms with Crippen LogP contribution in [0.5, 0.6) is 5.75 Å². The van der Waals surface area contributed by atoms with Crippen molar-refractivity contribution in [3.8, 4) is 5.75 Å². The zero-order valence-electron chi connectivity index (χ0n) is 11.5. The van der Waals surface area contributed by atoms with Crippen molar-refractivity contribution < 1.29 is 19.4 Å². The minimum absolute atomic E-state index is 0.0357. The molecule has 6 nitrogen and oxygen atoms in total. The van der Waals surface area contributed by atoms with Crippen LogP contribution in [0.1, 0.15) is 12.5 Å². The molecule has 20 heavy (non-hydrogen) atoms. The number of methoxy groups -OCH3 is 1. The second-order valence-electron chi connectivity index (χ2n) is 4.78. The maximum absolute atomic E-state index is 12.0. The molecule has 0 saturated carbocycles. The Morgan fingerprint density at radius 3 is 2.90 bits per heavy atom. The molecule has 0 spiro atoms. The quantitative estimate of drug-likeness (QED) is 0.806. The number of aliphatic hydroxyl groups is 1. The largest absolute Gasteiger partial charge is 0.497 e. The highest BCUT2D eigenvalue weighted by Crippen LogP contribution is 2.18. The standard InChI is InChI=1S/C14H18N2O4/c1-9(17)13-14(19)15-7-12(18)16(13)8-10-4-3-5-11(6-10)20-2/h3-6,9,13,17H,7-8H2,1-2H3,(H,15,19)/t9-,13+/m1/s1. The van der Waals surface area contributed by atoms with Crippen LogP contribution in [0.25, 0.3) is 0 Å². The van der Waals surface area contributed by atoms with Crippen LogP contribution in [0.2, 0.25) is 0 Å². The molecule has 108 valence electrons. The molecular formula is C14H18N2O4. The third kappa shape index (κ3) is 2.91. The number of ether oxygens (including phenoxy) is 1. The third-order valence-corrected chi connectivity index (χ3v) is 3.28. The molecule has 0 bridgehead atoms. The van der Waals surface area contributed by atoms with E-state index < -0.39 is 12.1 Å². The lowest BCUT2D eigenvalue weighted by Crippen LogP contribution is -2.61. The lowest BCUT2D eigenvalue weighted by molar-refractivity contribution is -0.150. The van der Waals surface area contributed by atoms with E-state index in [0.29, 0.717) is 5.75 Å². The third-order valence-electron chi connectivity index (χ3n) is 3.28. The summed E-state index contributed by atoms with van der Waals surface area (Å²) in [6.07, 6.45) is -0.926. The summed E-state index contributed by atoms with van der Waals surface area (Å²) < 4.78 is 5.13. The van der Waals surface area contributed by atoms with Gasteiger partial charge < -0.3 is 20.1 Å². The summed E-state index contributed by atoms with van der Waals surface area (Å²) >= 11 is 0. The summed E-state index contributed by atoms with van der Waals surface area (Å²) in [6.45, 7) is 1.73. The first kappa shape index (κ1) is 14.3. The molecular weight excluding hydrogens is 260 g/mol. The molecule has 1 fully saturated rings. The van der Waals surface area contributed by atoms with E-state index in [1.165, 1.54) is 11.8 Å². The fraction of sp³-hybridized carbons (Fsp3) is 0.429. The molecule has 1 saturated heterocycles. The molecule has 0 aromatic heterocycles. The average Bonchev–Trinajstić information content (AvgIpc) is 2.43. The number of aliphatic hydroxyl groups excluding tert-OH is 1. The molecule has 1 aliphatic rings. The summed E-state index contributed by atoms with van der Waals surface area (Å²) in [5.74, 6) is 0.144. The maximum Gasteiger partial charge on any atom is 0.245 e. The van der Waals surface area contributed by atoms with Gasteiger partial charge in [0, 0.05) is 6.54 Å². The first-order valence-corrected chi connectivity index (χ1v) is 6.41. The molecule has 1 aromatic rings. The zero-order valence-corrected chi connectivity index (χ0v) is 11.5. The Hall–Kier alpha value is -2.08. The van der Waals surface area contributed by atoms with Crippen LogP contribution in [-0.4, -0.2) is 47.6 Å². The Morgan fingerprint density at radius 2 is 2.25 bits per heavy atom. The van der Waals surface area contributed by atoms with Crippen LogP contribution in [0, 0.1) is 0 Å². The lowest BCUT2D eigenvalue weighted by atomic mass is 10.1. The normalized spacial score (nSPS) is 20.6. The fourth-order valence-corrected chi connectivity index (χ4v) is 2.30. The second-order valence-corrected chi connectivity index (χ2v) is 4.78. The predicted molar refractivity (Wildman–Crippen MR) is 72.0 cm³/mol. The Bertz CT molecular complexity index is 516. The highest BCUT2D eigenvalue weighted by atomic mass is 16.5. The van der Waals surface area contributed by atoms with Gasteiger partial charge in [0.1, 0.15) is 11.8 Å². The number of nitrogens with one attached hydrogen (secondary N) is 1. The van der Waals surface area contributed by atoms with E-state index in [4.69, 9.17) is 4.74 Å². The van der Waals surface area contributed by atoms with Crippen LogP contribution in [0.3, 0.4) is 0 Å². The average molecular weight is 278 g/mol. The number of amides is 2. The van der Waals surface area contributed by atoms with Crippen molar-refractivity contribution in [3.05, 3.63) is 29.8 Å². The van der Waals surface area contributed by atoms with Gasteiger partial charge >= 0.3 is 0 Å². The Kier molecular flexibility index (Phi) is 4.24. The smallest absolute Gasteiger partial charge is 0.245 e.